The van der Waals surface area contributed by atoms with Crippen molar-refractivity contribution in [2.24, 2.45) is 0 Å². The van der Waals surface area contributed by atoms with Gasteiger partial charge in [0.15, 0.2) is 0 Å². The van der Waals surface area contributed by atoms with Crippen LogP contribution in [0.4, 0.5) is 4.79 Å². The first-order valence-corrected chi connectivity index (χ1v) is 7.90. The highest BCUT2D eigenvalue weighted by Gasteiger charge is 2.34. The quantitative estimate of drug-likeness (QED) is 0.722. The van der Waals surface area contributed by atoms with Crippen molar-refractivity contribution in [1.29, 1.82) is 0 Å². The smallest absolute Gasteiger partial charge is 0.329 e. The van der Waals surface area contributed by atoms with Crippen LogP contribution in [0.5, 0.6) is 0 Å². The fourth-order valence-corrected chi connectivity index (χ4v) is 2.81. The van der Waals surface area contributed by atoms with E-state index in [1.165, 1.54) is 6.92 Å². The molecule has 7 heteroatoms. The molecule has 2 unspecified atom stereocenters. The van der Waals surface area contributed by atoms with Crippen molar-refractivity contribution in [2.45, 2.75) is 58.5 Å². The van der Waals surface area contributed by atoms with Crippen LogP contribution < -0.4 is 10.6 Å². The SMILES string of the molecule is CCCC(C)(NC(=O)NC(C)c1ncc(CC)s1)C(=O)O. The van der Waals surface area contributed by atoms with Crippen LogP contribution in [-0.4, -0.2) is 27.6 Å². The molecule has 118 valence electrons. The minimum absolute atomic E-state index is 0.255. The molecule has 1 aromatic rings. The summed E-state index contributed by atoms with van der Waals surface area (Å²) in [6.45, 7) is 7.27. The number of nitrogens with one attached hydrogen (secondary N) is 2. The fraction of sp³-hybridized carbons (Fsp3) is 0.643. The molecule has 0 saturated heterocycles. The molecule has 0 fully saturated rings. The number of aryl methyl sites for hydroxylation is 1. The summed E-state index contributed by atoms with van der Waals surface area (Å²) in [5.74, 6) is -1.03. The van der Waals surface area contributed by atoms with Crippen LogP contribution in [0.15, 0.2) is 6.20 Å². The second kappa shape index (κ2) is 7.40. The number of aliphatic carboxylic acids is 1. The van der Waals surface area contributed by atoms with Crippen LogP contribution >= 0.6 is 11.3 Å². The van der Waals surface area contributed by atoms with Gasteiger partial charge in [-0.1, -0.05) is 20.3 Å². The molecule has 1 aromatic heterocycles. The number of nitrogens with zero attached hydrogens (tertiary/aromatic N) is 1. The van der Waals surface area contributed by atoms with E-state index in [1.54, 1.807) is 17.5 Å². The molecule has 0 aliphatic heterocycles. The van der Waals surface area contributed by atoms with Gasteiger partial charge in [0.05, 0.1) is 6.04 Å². The Morgan fingerprint density at radius 3 is 2.62 bits per heavy atom. The summed E-state index contributed by atoms with van der Waals surface area (Å²) in [4.78, 5) is 28.7. The molecular weight excluding hydrogens is 290 g/mol. The third-order valence-electron chi connectivity index (χ3n) is 3.25. The molecule has 21 heavy (non-hydrogen) atoms. The van der Waals surface area contributed by atoms with Crippen molar-refractivity contribution in [2.75, 3.05) is 0 Å². The van der Waals surface area contributed by atoms with Crippen LogP contribution in [0.25, 0.3) is 0 Å². The Kier molecular flexibility index (Phi) is 6.14. The number of aromatic nitrogens is 1. The Morgan fingerprint density at radius 2 is 2.14 bits per heavy atom. The number of thiazole rings is 1. The zero-order valence-corrected chi connectivity index (χ0v) is 13.7. The molecule has 2 atom stereocenters. The van der Waals surface area contributed by atoms with Crippen molar-refractivity contribution in [3.8, 4) is 0 Å². The minimum atomic E-state index is -1.25. The number of urea groups is 1. The predicted octanol–water partition coefficient (Wildman–Crippen LogP) is 2.71. The average Bonchev–Trinajstić information content (AvgIpc) is 2.87. The van der Waals surface area contributed by atoms with Gasteiger partial charge >= 0.3 is 12.0 Å². The molecule has 6 nitrogen and oxygen atoms in total. The lowest BCUT2D eigenvalue weighted by Crippen LogP contribution is -2.55. The summed E-state index contributed by atoms with van der Waals surface area (Å²) in [7, 11) is 0. The average molecular weight is 313 g/mol. The number of carbonyl (C=O) groups is 2. The maximum absolute atomic E-state index is 12.0. The normalized spacial score (nSPS) is 15.0. The molecule has 0 aliphatic carbocycles. The third-order valence-corrected chi connectivity index (χ3v) is 4.57. The van der Waals surface area contributed by atoms with Gasteiger partial charge in [0, 0.05) is 11.1 Å². The van der Waals surface area contributed by atoms with E-state index in [0.717, 1.165) is 16.3 Å². The second-order valence-corrected chi connectivity index (χ2v) is 6.37. The van der Waals surface area contributed by atoms with Gasteiger partial charge in [0.2, 0.25) is 0 Å². The Morgan fingerprint density at radius 1 is 1.48 bits per heavy atom. The summed E-state index contributed by atoms with van der Waals surface area (Å²) in [5.41, 5.74) is -1.25. The van der Waals surface area contributed by atoms with E-state index in [0.29, 0.717) is 12.8 Å². The lowest BCUT2D eigenvalue weighted by Gasteiger charge is -2.26. The highest BCUT2D eigenvalue weighted by Crippen LogP contribution is 2.20. The molecule has 0 radical (unpaired) electrons. The number of amides is 2. The predicted molar refractivity (Wildman–Crippen MR) is 82.5 cm³/mol. The molecule has 2 amide bonds. The van der Waals surface area contributed by atoms with Gasteiger partial charge in [-0.05, 0) is 26.7 Å². The standard InChI is InChI=1S/C14H23N3O3S/c1-5-7-14(4,12(18)19)17-13(20)16-9(3)11-15-8-10(6-2)21-11/h8-9H,5-7H2,1-4H3,(H,18,19)(H2,16,17,20). The number of hydrogen-bond acceptors (Lipinski definition) is 4. The summed E-state index contributed by atoms with van der Waals surface area (Å²) >= 11 is 1.55. The Hall–Kier alpha value is -1.63. The van der Waals surface area contributed by atoms with Gasteiger partial charge in [0.1, 0.15) is 10.5 Å². The molecule has 1 rings (SSSR count). The first kappa shape index (κ1) is 17.4. The molecule has 0 spiro atoms. The van der Waals surface area contributed by atoms with Gasteiger partial charge in [-0.25, -0.2) is 14.6 Å². The number of rotatable bonds is 7. The zero-order chi connectivity index (χ0) is 16.0. The van der Waals surface area contributed by atoms with Gasteiger partial charge in [-0.15, -0.1) is 11.3 Å². The van der Waals surface area contributed by atoms with E-state index < -0.39 is 17.5 Å². The fourth-order valence-electron chi connectivity index (χ4n) is 1.95. The van der Waals surface area contributed by atoms with Crippen molar-refractivity contribution in [3.05, 3.63) is 16.1 Å². The van der Waals surface area contributed by atoms with Crippen molar-refractivity contribution in [1.82, 2.24) is 15.6 Å². The van der Waals surface area contributed by atoms with Gasteiger partial charge in [-0.3, -0.25) is 0 Å². The monoisotopic (exact) mass is 313 g/mol. The topological polar surface area (TPSA) is 91.3 Å². The highest BCUT2D eigenvalue weighted by molar-refractivity contribution is 7.11. The summed E-state index contributed by atoms with van der Waals surface area (Å²) in [5, 5.41) is 15.3. The molecule has 3 N–H and O–H groups in total. The van der Waals surface area contributed by atoms with Crippen LogP contribution in [0.2, 0.25) is 0 Å². The van der Waals surface area contributed by atoms with Crippen molar-refractivity contribution in [3.63, 3.8) is 0 Å². The molecule has 0 aliphatic rings. The maximum atomic E-state index is 12.0. The van der Waals surface area contributed by atoms with Crippen LogP contribution in [-0.2, 0) is 11.2 Å². The molecule has 0 aromatic carbocycles. The first-order valence-electron chi connectivity index (χ1n) is 7.09. The van der Waals surface area contributed by atoms with Crippen LogP contribution in [0.3, 0.4) is 0 Å². The van der Waals surface area contributed by atoms with Gasteiger partial charge in [-0.2, -0.15) is 0 Å². The summed E-state index contributed by atoms with van der Waals surface area (Å²) in [6, 6.07) is -0.746. The zero-order valence-electron chi connectivity index (χ0n) is 12.9. The van der Waals surface area contributed by atoms with E-state index in [1.807, 2.05) is 20.8 Å². The van der Waals surface area contributed by atoms with E-state index in [-0.39, 0.29) is 6.04 Å². The lowest BCUT2D eigenvalue weighted by molar-refractivity contribution is -0.144. The largest absolute Gasteiger partial charge is 0.480 e. The highest BCUT2D eigenvalue weighted by atomic mass is 32.1. The van der Waals surface area contributed by atoms with Crippen molar-refractivity contribution >= 4 is 23.3 Å². The minimum Gasteiger partial charge on any atom is -0.480 e. The van der Waals surface area contributed by atoms with E-state index in [9.17, 15) is 14.7 Å². The van der Waals surface area contributed by atoms with Crippen LogP contribution in [0.1, 0.15) is 56.5 Å². The van der Waals surface area contributed by atoms with E-state index >= 15 is 0 Å². The first-order chi connectivity index (χ1) is 9.82. The van der Waals surface area contributed by atoms with E-state index in [4.69, 9.17) is 0 Å². The number of carboxylic acid groups (broad SMARTS) is 1. The second-order valence-electron chi connectivity index (χ2n) is 5.23. The Labute approximate surface area is 129 Å². The van der Waals surface area contributed by atoms with Gasteiger partial charge < -0.3 is 15.7 Å². The van der Waals surface area contributed by atoms with Gasteiger partial charge in [0.25, 0.3) is 0 Å². The Balaban J connectivity index is 2.65. The molecular formula is C14H23N3O3S. The molecule has 1 heterocycles. The summed E-state index contributed by atoms with van der Waals surface area (Å²) < 4.78 is 0. The van der Waals surface area contributed by atoms with Crippen molar-refractivity contribution < 1.29 is 14.7 Å². The number of carbonyl (C=O) groups excluding carboxylic acids is 1. The summed E-state index contributed by atoms with van der Waals surface area (Å²) in [6.07, 6.45) is 3.76. The van der Waals surface area contributed by atoms with Crippen LogP contribution in [0, 0.1) is 0 Å². The third kappa shape index (κ3) is 4.70. The number of hydrogen-bond donors (Lipinski definition) is 3. The maximum Gasteiger partial charge on any atom is 0.329 e. The Bertz CT molecular complexity index is 503. The molecule has 0 bridgehead atoms. The lowest BCUT2D eigenvalue weighted by atomic mass is 9.97. The molecule has 0 saturated carbocycles. The van der Waals surface area contributed by atoms with E-state index in [2.05, 4.69) is 15.6 Å². The number of carboxylic acids is 1.